The number of benzene rings is 1. The second-order valence-corrected chi connectivity index (χ2v) is 2.79. The number of non-ortho nitro benzene ring substituents is 1. The summed E-state index contributed by atoms with van der Waals surface area (Å²) in [5, 5.41) is 30.8. The largest absolute Gasteiger partial charge is 0.506 e. The summed E-state index contributed by atoms with van der Waals surface area (Å²) < 4.78 is 0. The van der Waals surface area contributed by atoms with Crippen LogP contribution in [-0.4, -0.2) is 16.6 Å². The molecule has 0 fully saturated rings. The standard InChI is InChI=1S/C9H9N3O3/c10-4-1-5-11-8-3-2-7(12(14)15)6-9(8)13/h2-3,6,11,13H,1,5H2. The van der Waals surface area contributed by atoms with Crippen molar-refractivity contribution < 1.29 is 10.0 Å². The number of phenolic OH excluding ortho intramolecular Hbond substituents is 1. The Bertz CT molecular complexity index is 412. The third-order valence-electron chi connectivity index (χ3n) is 1.74. The van der Waals surface area contributed by atoms with E-state index in [1.807, 2.05) is 6.07 Å². The highest BCUT2D eigenvalue weighted by Gasteiger charge is 2.09. The quantitative estimate of drug-likeness (QED) is 0.338. The van der Waals surface area contributed by atoms with Crippen molar-refractivity contribution in [2.45, 2.75) is 6.42 Å². The molecule has 0 atom stereocenters. The molecule has 15 heavy (non-hydrogen) atoms. The van der Waals surface area contributed by atoms with Gasteiger partial charge in [-0.3, -0.25) is 10.1 Å². The van der Waals surface area contributed by atoms with Crippen LogP contribution in [0.5, 0.6) is 5.75 Å². The highest BCUT2D eigenvalue weighted by atomic mass is 16.6. The van der Waals surface area contributed by atoms with Crippen LogP contribution in [0.15, 0.2) is 18.2 Å². The summed E-state index contributed by atoms with van der Waals surface area (Å²) in [6.07, 6.45) is 0.302. The molecule has 1 rings (SSSR count). The maximum atomic E-state index is 10.4. The van der Waals surface area contributed by atoms with E-state index in [0.29, 0.717) is 18.7 Å². The predicted octanol–water partition coefficient (Wildman–Crippen LogP) is 1.63. The van der Waals surface area contributed by atoms with E-state index >= 15 is 0 Å². The summed E-state index contributed by atoms with van der Waals surface area (Å²) in [5.41, 5.74) is 0.217. The third kappa shape index (κ3) is 2.84. The van der Waals surface area contributed by atoms with Gasteiger partial charge < -0.3 is 10.4 Å². The van der Waals surface area contributed by atoms with Gasteiger partial charge in [0.15, 0.2) is 0 Å². The molecule has 0 spiro atoms. The second-order valence-electron chi connectivity index (χ2n) is 2.79. The van der Waals surface area contributed by atoms with Crippen LogP contribution >= 0.6 is 0 Å². The topological polar surface area (TPSA) is 99.2 Å². The second kappa shape index (κ2) is 4.81. The SMILES string of the molecule is N#CCCNc1ccc([N+](=O)[O-])cc1O. The van der Waals surface area contributed by atoms with Crippen LogP contribution in [0.4, 0.5) is 11.4 Å². The molecule has 2 N–H and O–H groups in total. The molecule has 0 heterocycles. The summed E-state index contributed by atoms with van der Waals surface area (Å²) in [4.78, 5) is 9.77. The predicted molar refractivity (Wildman–Crippen MR) is 53.5 cm³/mol. The zero-order valence-electron chi connectivity index (χ0n) is 7.80. The first-order chi connectivity index (χ1) is 7.15. The Kier molecular flexibility index (Phi) is 3.46. The smallest absolute Gasteiger partial charge is 0.273 e. The van der Waals surface area contributed by atoms with Gasteiger partial charge in [0.1, 0.15) is 5.75 Å². The number of nitriles is 1. The van der Waals surface area contributed by atoms with Gasteiger partial charge in [-0.25, -0.2) is 0 Å². The van der Waals surface area contributed by atoms with Crippen molar-refractivity contribution in [2.75, 3.05) is 11.9 Å². The lowest BCUT2D eigenvalue weighted by Crippen LogP contribution is -2.00. The first-order valence-electron chi connectivity index (χ1n) is 4.23. The van der Waals surface area contributed by atoms with Gasteiger partial charge in [0.2, 0.25) is 0 Å². The summed E-state index contributed by atoms with van der Waals surface area (Å²) in [5.74, 6) is -0.192. The highest BCUT2D eigenvalue weighted by Crippen LogP contribution is 2.27. The van der Waals surface area contributed by atoms with E-state index in [1.54, 1.807) is 0 Å². The van der Waals surface area contributed by atoms with Crippen LogP contribution in [0.25, 0.3) is 0 Å². The first-order valence-corrected chi connectivity index (χ1v) is 4.23. The number of hydrogen-bond acceptors (Lipinski definition) is 5. The molecule has 1 aromatic carbocycles. The number of nitro benzene ring substituents is 1. The average Bonchev–Trinajstić information content (AvgIpc) is 2.20. The zero-order valence-corrected chi connectivity index (χ0v) is 7.80. The summed E-state index contributed by atoms with van der Waals surface area (Å²) in [6, 6.07) is 5.69. The van der Waals surface area contributed by atoms with Gasteiger partial charge in [0.05, 0.1) is 29.2 Å². The Morgan fingerprint density at radius 2 is 2.33 bits per heavy atom. The molecule has 78 valence electrons. The molecular formula is C9H9N3O3. The monoisotopic (exact) mass is 207 g/mol. The van der Waals surface area contributed by atoms with Crippen molar-refractivity contribution >= 4 is 11.4 Å². The molecule has 0 radical (unpaired) electrons. The molecule has 0 amide bonds. The van der Waals surface area contributed by atoms with Crippen molar-refractivity contribution in [2.24, 2.45) is 0 Å². The number of phenols is 1. The van der Waals surface area contributed by atoms with E-state index < -0.39 is 4.92 Å². The zero-order chi connectivity index (χ0) is 11.3. The Morgan fingerprint density at radius 3 is 2.87 bits per heavy atom. The molecule has 0 unspecified atom stereocenters. The molecule has 0 saturated carbocycles. The van der Waals surface area contributed by atoms with Crippen molar-refractivity contribution in [1.82, 2.24) is 0 Å². The van der Waals surface area contributed by atoms with Crippen molar-refractivity contribution in [3.05, 3.63) is 28.3 Å². The highest BCUT2D eigenvalue weighted by molar-refractivity contribution is 5.59. The van der Waals surface area contributed by atoms with Gasteiger partial charge in [0, 0.05) is 12.6 Å². The van der Waals surface area contributed by atoms with E-state index in [9.17, 15) is 15.2 Å². The fourth-order valence-corrected chi connectivity index (χ4v) is 1.04. The molecular weight excluding hydrogens is 198 g/mol. The summed E-state index contributed by atoms with van der Waals surface area (Å²) in [6.45, 7) is 0.391. The Balaban J connectivity index is 2.76. The fraction of sp³-hybridized carbons (Fsp3) is 0.222. The van der Waals surface area contributed by atoms with Crippen molar-refractivity contribution in [1.29, 1.82) is 5.26 Å². The van der Waals surface area contributed by atoms with Gasteiger partial charge in [-0.05, 0) is 6.07 Å². The van der Waals surface area contributed by atoms with Gasteiger partial charge in [-0.2, -0.15) is 5.26 Å². The first kappa shape index (κ1) is 10.8. The fourth-order valence-electron chi connectivity index (χ4n) is 1.04. The van der Waals surface area contributed by atoms with E-state index in [1.165, 1.54) is 12.1 Å². The molecule has 0 bridgehead atoms. The lowest BCUT2D eigenvalue weighted by atomic mass is 10.2. The lowest BCUT2D eigenvalue weighted by molar-refractivity contribution is -0.384. The Labute approximate surface area is 85.9 Å². The average molecular weight is 207 g/mol. The number of rotatable bonds is 4. The Morgan fingerprint density at radius 1 is 1.60 bits per heavy atom. The maximum absolute atomic E-state index is 10.4. The number of nitrogens with zero attached hydrogens (tertiary/aromatic N) is 2. The maximum Gasteiger partial charge on any atom is 0.273 e. The minimum atomic E-state index is -0.585. The van der Waals surface area contributed by atoms with Crippen LogP contribution in [0.2, 0.25) is 0 Å². The molecule has 0 aliphatic carbocycles. The molecule has 6 nitrogen and oxygen atoms in total. The number of nitro groups is 1. The van der Waals surface area contributed by atoms with Crippen molar-refractivity contribution in [3.63, 3.8) is 0 Å². The molecule has 0 saturated heterocycles. The lowest BCUT2D eigenvalue weighted by Gasteiger charge is -2.05. The van der Waals surface area contributed by atoms with Crippen LogP contribution in [0.1, 0.15) is 6.42 Å². The minimum absolute atomic E-state index is 0.168. The van der Waals surface area contributed by atoms with Gasteiger partial charge in [0.25, 0.3) is 5.69 Å². The summed E-state index contributed by atoms with van der Waals surface area (Å²) >= 11 is 0. The van der Waals surface area contributed by atoms with E-state index in [2.05, 4.69) is 5.32 Å². The van der Waals surface area contributed by atoms with E-state index in [0.717, 1.165) is 6.07 Å². The van der Waals surface area contributed by atoms with Gasteiger partial charge >= 0.3 is 0 Å². The van der Waals surface area contributed by atoms with Crippen molar-refractivity contribution in [3.8, 4) is 11.8 Å². The summed E-state index contributed by atoms with van der Waals surface area (Å²) in [7, 11) is 0. The van der Waals surface area contributed by atoms with Crippen LogP contribution in [-0.2, 0) is 0 Å². The Hall–Kier alpha value is -2.29. The number of hydrogen-bond donors (Lipinski definition) is 2. The minimum Gasteiger partial charge on any atom is -0.506 e. The van der Waals surface area contributed by atoms with E-state index in [-0.39, 0.29) is 11.4 Å². The molecule has 0 aliphatic rings. The molecule has 0 aliphatic heterocycles. The van der Waals surface area contributed by atoms with E-state index in [4.69, 9.17) is 5.26 Å². The number of anilines is 1. The van der Waals surface area contributed by atoms with Crippen LogP contribution in [0, 0.1) is 21.4 Å². The molecule has 0 aromatic heterocycles. The molecule has 6 heteroatoms. The number of aromatic hydroxyl groups is 1. The normalized spacial score (nSPS) is 9.27. The van der Waals surface area contributed by atoms with Crippen LogP contribution < -0.4 is 5.32 Å². The number of nitrogens with one attached hydrogen (secondary N) is 1. The molecule has 1 aromatic rings. The van der Waals surface area contributed by atoms with Gasteiger partial charge in [-0.1, -0.05) is 0 Å². The third-order valence-corrected chi connectivity index (χ3v) is 1.74. The van der Waals surface area contributed by atoms with Crippen LogP contribution in [0.3, 0.4) is 0 Å². The van der Waals surface area contributed by atoms with Gasteiger partial charge in [-0.15, -0.1) is 0 Å².